The zero-order valence-corrected chi connectivity index (χ0v) is 19.9. The molecule has 10 heteroatoms. The Balaban J connectivity index is 1.90. The maximum Gasteiger partial charge on any atom is 0.410 e. The molecule has 0 aliphatic carbocycles. The molecule has 2 unspecified atom stereocenters. The molecule has 31 heavy (non-hydrogen) atoms. The van der Waals surface area contributed by atoms with Gasteiger partial charge in [-0.05, 0) is 46.5 Å². The van der Waals surface area contributed by atoms with Crippen molar-refractivity contribution in [3.05, 3.63) is 0 Å². The van der Waals surface area contributed by atoms with Crippen LogP contribution in [-0.2, 0) is 28.9 Å². The molecule has 0 aromatic heterocycles. The standard InChI is InChI=1S/C21H36N2O7S/c1-5-6-11-23(17-9-12-31(27,28)15-17)18(24)14-29-19(25)16-8-7-10-22(13-16)20(26)30-21(2,3)4/h16-17H,5-15H2,1-4H3. The molecule has 9 nitrogen and oxygen atoms in total. The number of sulfone groups is 1. The van der Waals surface area contributed by atoms with Crippen molar-refractivity contribution < 1.29 is 32.3 Å². The summed E-state index contributed by atoms with van der Waals surface area (Å²) in [7, 11) is -3.13. The highest BCUT2D eigenvalue weighted by Gasteiger charge is 2.36. The van der Waals surface area contributed by atoms with Crippen LogP contribution >= 0.6 is 0 Å². The average Bonchev–Trinajstić information content (AvgIpc) is 3.04. The molecule has 2 aliphatic heterocycles. The molecular formula is C21H36N2O7S. The van der Waals surface area contributed by atoms with Crippen LogP contribution in [0.3, 0.4) is 0 Å². The van der Waals surface area contributed by atoms with Crippen LogP contribution in [0.5, 0.6) is 0 Å². The van der Waals surface area contributed by atoms with Crippen LogP contribution in [0.1, 0.15) is 59.8 Å². The molecule has 2 heterocycles. The Morgan fingerprint density at radius 3 is 2.45 bits per heavy atom. The van der Waals surface area contributed by atoms with E-state index in [4.69, 9.17) is 9.47 Å². The minimum absolute atomic E-state index is 0.0378. The molecule has 0 radical (unpaired) electrons. The van der Waals surface area contributed by atoms with E-state index in [1.54, 1.807) is 25.7 Å². The first-order chi connectivity index (χ1) is 14.4. The molecule has 0 saturated carbocycles. The normalized spacial score (nSPS) is 23.3. The number of hydrogen-bond donors (Lipinski definition) is 0. The number of unbranched alkanes of at least 4 members (excludes halogenated alkanes) is 1. The maximum absolute atomic E-state index is 12.7. The van der Waals surface area contributed by atoms with Gasteiger partial charge in [0.1, 0.15) is 5.60 Å². The highest BCUT2D eigenvalue weighted by Crippen LogP contribution is 2.22. The van der Waals surface area contributed by atoms with Gasteiger partial charge >= 0.3 is 12.1 Å². The Bertz CT molecular complexity index is 760. The van der Waals surface area contributed by atoms with Crippen molar-refractivity contribution in [2.24, 2.45) is 5.92 Å². The molecular weight excluding hydrogens is 424 g/mol. The average molecular weight is 461 g/mol. The molecule has 0 bridgehead atoms. The lowest BCUT2D eigenvalue weighted by molar-refractivity contribution is -0.157. The van der Waals surface area contributed by atoms with Gasteiger partial charge in [0.15, 0.2) is 16.4 Å². The molecule has 0 aromatic carbocycles. The van der Waals surface area contributed by atoms with Crippen LogP contribution in [0.25, 0.3) is 0 Å². The minimum atomic E-state index is -3.13. The van der Waals surface area contributed by atoms with Crippen LogP contribution in [-0.4, -0.2) is 85.6 Å². The highest BCUT2D eigenvalue weighted by atomic mass is 32.2. The molecule has 2 rings (SSSR count). The molecule has 0 spiro atoms. The third kappa shape index (κ3) is 7.97. The lowest BCUT2D eigenvalue weighted by atomic mass is 9.98. The summed E-state index contributed by atoms with van der Waals surface area (Å²) in [5.41, 5.74) is -0.618. The summed E-state index contributed by atoms with van der Waals surface area (Å²) in [6.45, 7) is 8.09. The second-order valence-corrected chi connectivity index (χ2v) is 11.6. The monoisotopic (exact) mass is 460 g/mol. The van der Waals surface area contributed by atoms with E-state index >= 15 is 0 Å². The molecule has 0 N–H and O–H groups in total. The molecule has 2 amide bonds. The van der Waals surface area contributed by atoms with Crippen molar-refractivity contribution in [1.82, 2.24) is 9.80 Å². The Kier molecular flexibility index (Phi) is 8.73. The van der Waals surface area contributed by atoms with Gasteiger partial charge in [-0.1, -0.05) is 13.3 Å². The molecule has 2 aliphatic rings. The zero-order valence-electron chi connectivity index (χ0n) is 19.1. The minimum Gasteiger partial charge on any atom is -0.455 e. The third-order valence-corrected chi connectivity index (χ3v) is 7.22. The number of rotatable bonds is 7. The SMILES string of the molecule is CCCCN(C(=O)COC(=O)C1CCCN(C(=O)OC(C)(C)C)C1)C1CCS(=O)(=O)C1. The quantitative estimate of drug-likeness (QED) is 0.534. The van der Waals surface area contributed by atoms with Crippen molar-refractivity contribution in [3.63, 3.8) is 0 Å². The summed E-state index contributed by atoms with van der Waals surface area (Å²) in [5.74, 6) is -1.36. The highest BCUT2D eigenvalue weighted by molar-refractivity contribution is 7.91. The Hall–Kier alpha value is -1.84. The largest absolute Gasteiger partial charge is 0.455 e. The van der Waals surface area contributed by atoms with E-state index in [2.05, 4.69) is 0 Å². The molecule has 2 saturated heterocycles. The van der Waals surface area contributed by atoms with E-state index in [1.807, 2.05) is 6.92 Å². The number of carbonyl (C=O) groups is 3. The van der Waals surface area contributed by atoms with Gasteiger partial charge < -0.3 is 19.3 Å². The van der Waals surface area contributed by atoms with Crippen molar-refractivity contribution in [2.45, 2.75) is 71.4 Å². The van der Waals surface area contributed by atoms with Gasteiger partial charge in [0, 0.05) is 25.7 Å². The first-order valence-electron chi connectivity index (χ1n) is 11.1. The van der Waals surface area contributed by atoms with Crippen molar-refractivity contribution in [3.8, 4) is 0 Å². The van der Waals surface area contributed by atoms with E-state index in [0.29, 0.717) is 32.4 Å². The van der Waals surface area contributed by atoms with Gasteiger partial charge in [-0.2, -0.15) is 0 Å². The number of carbonyl (C=O) groups excluding carboxylic acids is 3. The summed E-state index contributed by atoms with van der Waals surface area (Å²) >= 11 is 0. The number of likely N-dealkylation sites (tertiary alicyclic amines) is 1. The summed E-state index contributed by atoms with van der Waals surface area (Å²) < 4.78 is 34.3. The van der Waals surface area contributed by atoms with Crippen LogP contribution in [0.15, 0.2) is 0 Å². The summed E-state index contributed by atoms with van der Waals surface area (Å²) in [6, 6.07) is -0.361. The van der Waals surface area contributed by atoms with E-state index in [-0.39, 0.29) is 30.0 Å². The molecule has 2 fully saturated rings. The number of esters is 1. The second kappa shape index (κ2) is 10.7. The van der Waals surface area contributed by atoms with Gasteiger partial charge in [-0.25, -0.2) is 13.2 Å². The van der Waals surface area contributed by atoms with Crippen LogP contribution < -0.4 is 0 Å². The number of amides is 2. The second-order valence-electron chi connectivity index (χ2n) is 9.37. The third-order valence-electron chi connectivity index (χ3n) is 5.47. The van der Waals surface area contributed by atoms with Gasteiger partial charge in [-0.15, -0.1) is 0 Å². The number of hydrogen-bond acceptors (Lipinski definition) is 7. The first-order valence-corrected chi connectivity index (χ1v) is 12.9. The molecule has 0 aromatic rings. The van der Waals surface area contributed by atoms with Gasteiger partial charge in [0.05, 0.1) is 17.4 Å². The summed E-state index contributed by atoms with van der Waals surface area (Å²) in [5, 5.41) is 0. The Labute approximate surface area is 185 Å². The Morgan fingerprint density at radius 1 is 1.16 bits per heavy atom. The predicted octanol–water partition coefficient (Wildman–Crippen LogP) is 1.99. The Morgan fingerprint density at radius 2 is 1.87 bits per heavy atom. The van der Waals surface area contributed by atoms with Gasteiger partial charge in [-0.3, -0.25) is 9.59 Å². The van der Waals surface area contributed by atoms with E-state index in [0.717, 1.165) is 12.8 Å². The van der Waals surface area contributed by atoms with Crippen LogP contribution in [0.2, 0.25) is 0 Å². The van der Waals surface area contributed by atoms with Gasteiger partial charge in [0.2, 0.25) is 0 Å². The van der Waals surface area contributed by atoms with E-state index < -0.39 is 40.0 Å². The number of nitrogens with zero attached hydrogens (tertiary/aromatic N) is 2. The fraction of sp³-hybridized carbons (Fsp3) is 0.857. The lowest BCUT2D eigenvalue weighted by Gasteiger charge is -2.33. The predicted molar refractivity (Wildman–Crippen MR) is 115 cm³/mol. The molecule has 178 valence electrons. The zero-order chi connectivity index (χ0) is 23.2. The first kappa shape index (κ1) is 25.4. The fourth-order valence-electron chi connectivity index (χ4n) is 3.86. The summed E-state index contributed by atoms with van der Waals surface area (Å²) in [4.78, 5) is 40.6. The topological polar surface area (TPSA) is 110 Å². The van der Waals surface area contributed by atoms with Crippen molar-refractivity contribution in [2.75, 3.05) is 37.7 Å². The van der Waals surface area contributed by atoms with Crippen LogP contribution in [0, 0.1) is 5.92 Å². The summed E-state index contributed by atoms with van der Waals surface area (Å²) in [6.07, 6.45) is 2.80. The van der Waals surface area contributed by atoms with Gasteiger partial charge in [0.25, 0.3) is 5.91 Å². The number of ether oxygens (including phenoxy) is 2. The smallest absolute Gasteiger partial charge is 0.410 e. The van der Waals surface area contributed by atoms with Crippen molar-refractivity contribution in [1.29, 1.82) is 0 Å². The van der Waals surface area contributed by atoms with Crippen LogP contribution in [0.4, 0.5) is 4.79 Å². The maximum atomic E-state index is 12.7. The van der Waals surface area contributed by atoms with E-state index in [1.165, 1.54) is 4.90 Å². The molecule has 2 atom stereocenters. The number of piperidine rings is 1. The fourth-order valence-corrected chi connectivity index (χ4v) is 5.59. The van der Waals surface area contributed by atoms with Crippen molar-refractivity contribution >= 4 is 27.8 Å². The van der Waals surface area contributed by atoms with E-state index in [9.17, 15) is 22.8 Å². The lowest BCUT2D eigenvalue weighted by Crippen LogP contribution is -2.46.